The molecular formula is C13H16N2O2. The molecule has 1 heterocycles. The topological polar surface area (TPSA) is 55.1 Å². The summed E-state index contributed by atoms with van der Waals surface area (Å²) in [4.78, 5) is 15.4. The van der Waals surface area contributed by atoms with E-state index in [9.17, 15) is 4.79 Å². The number of aryl methyl sites for hydroxylation is 3. The highest BCUT2D eigenvalue weighted by molar-refractivity contribution is 5.81. The normalized spacial score (nSPS) is 12.9. The van der Waals surface area contributed by atoms with E-state index in [2.05, 4.69) is 11.1 Å². The Bertz CT molecular complexity index is 599. The Morgan fingerprint density at radius 3 is 2.53 bits per heavy atom. The molecule has 2 rings (SSSR count). The standard InChI is InChI=1S/C13H16N2O2/c1-7-5-10-11(6-8(7)2)15(4)12(14-10)9(3)13(16)17/h5-6,9H,1-4H3,(H,16,17). The van der Waals surface area contributed by atoms with Crippen molar-refractivity contribution in [1.82, 2.24) is 9.55 Å². The number of aliphatic carboxylic acids is 1. The maximum Gasteiger partial charge on any atom is 0.313 e. The summed E-state index contributed by atoms with van der Waals surface area (Å²) in [7, 11) is 1.86. The fourth-order valence-electron chi connectivity index (χ4n) is 1.96. The highest BCUT2D eigenvalue weighted by Crippen LogP contribution is 2.23. The Morgan fingerprint density at radius 2 is 1.94 bits per heavy atom. The van der Waals surface area contributed by atoms with Crippen molar-refractivity contribution in [1.29, 1.82) is 0 Å². The number of carbonyl (C=O) groups is 1. The molecule has 0 bridgehead atoms. The van der Waals surface area contributed by atoms with Crippen molar-refractivity contribution in [3.05, 3.63) is 29.1 Å². The predicted molar refractivity (Wildman–Crippen MR) is 66.2 cm³/mol. The third-order valence-electron chi connectivity index (χ3n) is 3.29. The molecule has 0 aliphatic rings. The van der Waals surface area contributed by atoms with Crippen LogP contribution in [0.4, 0.5) is 0 Å². The molecule has 0 saturated heterocycles. The van der Waals surface area contributed by atoms with Crippen molar-refractivity contribution in [3.8, 4) is 0 Å². The zero-order valence-corrected chi connectivity index (χ0v) is 10.5. The molecule has 17 heavy (non-hydrogen) atoms. The number of nitrogens with zero attached hydrogens (tertiary/aromatic N) is 2. The first kappa shape index (κ1) is 11.6. The van der Waals surface area contributed by atoms with E-state index in [1.54, 1.807) is 6.92 Å². The van der Waals surface area contributed by atoms with Gasteiger partial charge in [-0.05, 0) is 44.0 Å². The van der Waals surface area contributed by atoms with Crippen LogP contribution in [-0.2, 0) is 11.8 Å². The van der Waals surface area contributed by atoms with Gasteiger partial charge in [-0.1, -0.05) is 0 Å². The van der Waals surface area contributed by atoms with Crippen LogP contribution in [-0.4, -0.2) is 20.6 Å². The summed E-state index contributed by atoms with van der Waals surface area (Å²) in [6.07, 6.45) is 0. The molecule has 0 amide bonds. The van der Waals surface area contributed by atoms with Gasteiger partial charge in [0.2, 0.25) is 0 Å². The minimum atomic E-state index is -0.850. The lowest BCUT2D eigenvalue weighted by atomic mass is 10.1. The van der Waals surface area contributed by atoms with Gasteiger partial charge in [0.1, 0.15) is 11.7 Å². The molecule has 4 nitrogen and oxygen atoms in total. The zero-order chi connectivity index (χ0) is 12.7. The Balaban J connectivity index is 2.68. The molecular weight excluding hydrogens is 216 g/mol. The zero-order valence-electron chi connectivity index (χ0n) is 10.5. The summed E-state index contributed by atoms with van der Waals surface area (Å²) in [6.45, 7) is 5.73. The molecule has 0 aliphatic heterocycles. The summed E-state index contributed by atoms with van der Waals surface area (Å²) in [5.41, 5.74) is 4.20. The van der Waals surface area contributed by atoms with Gasteiger partial charge in [-0.2, -0.15) is 0 Å². The molecule has 1 atom stereocenters. The number of rotatable bonds is 2. The summed E-state index contributed by atoms with van der Waals surface area (Å²) in [5.74, 6) is -0.845. The predicted octanol–water partition coefficient (Wildman–Crippen LogP) is 2.38. The molecule has 1 aromatic carbocycles. The molecule has 4 heteroatoms. The average molecular weight is 232 g/mol. The van der Waals surface area contributed by atoms with Gasteiger partial charge in [0, 0.05) is 7.05 Å². The number of fused-ring (bicyclic) bond motifs is 1. The number of benzene rings is 1. The molecule has 1 N–H and O–H groups in total. The molecule has 2 aromatic rings. The highest BCUT2D eigenvalue weighted by Gasteiger charge is 2.20. The lowest BCUT2D eigenvalue weighted by Crippen LogP contribution is -2.12. The smallest absolute Gasteiger partial charge is 0.313 e. The largest absolute Gasteiger partial charge is 0.481 e. The second-order valence-corrected chi connectivity index (χ2v) is 4.51. The summed E-state index contributed by atoms with van der Waals surface area (Å²) >= 11 is 0. The van der Waals surface area contributed by atoms with Gasteiger partial charge in [0.15, 0.2) is 0 Å². The second kappa shape index (κ2) is 3.87. The maximum absolute atomic E-state index is 11.0. The van der Waals surface area contributed by atoms with Gasteiger partial charge in [-0.25, -0.2) is 4.98 Å². The Labute approximate surface area is 99.9 Å². The van der Waals surface area contributed by atoms with Crippen LogP contribution in [0, 0.1) is 13.8 Å². The molecule has 0 spiro atoms. The van der Waals surface area contributed by atoms with Crippen LogP contribution >= 0.6 is 0 Å². The quantitative estimate of drug-likeness (QED) is 0.864. The summed E-state index contributed by atoms with van der Waals surface area (Å²) in [6, 6.07) is 4.05. The molecule has 0 fully saturated rings. The molecule has 0 aliphatic carbocycles. The third-order valence-corrected chi connectivity index (χ3v) is 3.29. The van der Waals surface area contributed by atoms with Gasteiger partial charge < -0.3 is 9.67 Å². The van der Waals surface area contributed by atoms with Crippen LogP contribution in [0.5, 0.6) is 0 Å². The van der Waals surface area contributed by atoms with Gasteiger partial charge in [0.05, 0.1) is 11.0 Å². The highest BCUT2D eigenvalue weighted by atomic mass is 16.4. The molecule has 1 aromatic heterocycles. The van der Waals surface area contributed by atoms with Crippen molar-refractivity contribution >= 4 is 17.0 Å². The lowest BCUT2D eigenvalue weighted by molar-refractivity contribution is -0.138. The first-order valence-corrected chi connectivity index (χ1v) is 5.58. The molecule has 0 radical (unpaired) electrons. The van der Waals surface area contributed by atoms with E-state index in [1.807, 2.05) is 31.5 Å². The Morgan fingerprint density at radius 1 is 1.35 bits per heavy atom. The fraction of sp³-hybridized carbons (Fsp3) is 0.385. The van der Waals surface area contributed by atoms with Crippen molar-refractivity contribution in [2.75, 3.05) is 0 Å². The van der Waals surface area contributed by atoms with Crippen molar-refractivity contribution < 1.29 is 9.90 Å². The minimum Gasteiger partial charge on any atom is -0.481 e. The van der Waals surface area contributed by atoms with E-state index in [0.29, 0.717) is 5.82 Å². The van der Waals surface area contributed by atoms with E-state index < -0.39 is 11.9 Å². The van der Waals surface area contributed by atoms with E-state index >= 15 is 0 Å². The summed E-state index contributed by atoms with van der Waals surface area (Å²) < 4.78 is 1.86. The molecule has 90 valence electrons. The lowest BCUT2D eigenvalue weighted by Gasteiger charge is -2.06. The number of imidazole rings is 1. The van der Waals surface area contributed by atoms with E-state index in [4.69, 9.17) is 5.11 Å². The first-order chi connectivity index (χ1) is 7.91. The van der Waals surface area contributed by atoms with Crippen LogP contribution in [0.1, 0.15) is 29.8 Å². The van der Waals surface area contributed by atoms with Gasteiger partial charge >= 0.3 is 5.97 Å². The van der Waals surface area contributed by atoms with Crippen LogP contribution in [0.2, 0.25) is 0 Å². The second-order valence-electron chi connectivity index (χ2n) is 4.51. The van der Waals surface area contributed by atoms with Crippen molar-refractivity contribution in [2.24, 2.45) is 7.05 Å². The maximum atomic E-state index is 11.0. The number of carboxylic acids is 1. The number of hydrogen-bond acceptors (Lipinski definition) is 2. The first-order valence-electron chi connectivity index (χ1n) is 5.58. The van der Waals surface area contributed by atoms with Crippen LogP contribution in [0.3, 0.4) is 0 Å². The van der Waals surface area contributed by atoms with Crippen molar-refractivity contribution in [3.63, 3.8) is 0 Å². The Hall–Kier alpha value is -1.84. The van der Waals surface area contributed by atoms with Gasteiger partial charge in [0.25, 0.3) is 0 Å². The SMILES string of the molecule is Cc1cc2nc(C(C)C(=O)O)n(C)c2cc1C. The molecule has 1 unspecified atom stereocenters. The van der Waals surface area contributed by atoms with Gasteiger partial charge in [-0.3, -0.25) is 4.79 Å². The minimum absolute atomic E-state index is 0.590. The summed E-state index contributed by atoms with van der Waals surface area (Å²) in [5, 5.41) is 9.04. The average Bonchev–Trinajstić information content (AvgIpc) is 2.56. The third kappa shape index (κ3) is 1.79. The van der Waals surface area contributed by atoms with Crippen molar-refractivity contribution in [2.45, 2.75) is 26.7 Å². The van der Waals surface area contributed by atoms with E-state index in [-0.39, 0.29) is 0 Å². The van der Waals surface area contributed by atoms with Crippen LogP contribution in [0.25, 0.3) is 11.0 Å². The Kier molecular flexibility index (Phi) is 2.65. The number of carboxylic acid groups (broad SMARTS) is 1. The van der Waals surface area contributed by atoms with E-state index in [1.165, 1.54) is 11.1 Å². The van der Waals surface area contributed by atoms with E-state index in [0.717, 1.165) is 11.0 Å². The van der Waals surface area contributed by atoms with Gasteiger partial charge in [-0.15, -0.1) is 0 Å². The fourth-order valence-corrected chi connectivity index (χ4v) is 1.96. The van der Waals surface area contributed by atoms with Crippen LogP contribution < -0.4 is 0 Å². The number of hydrogen-bond donors (Lipinski definition) is 1. The van der Waals surface area contributed by atoms with Crippen LogP contribution in [0.15, 0.2) is 12.1 Å². The monoisotopic (exact) mass is 232 g/mol. The molecule has 0 saturated carbocycles. The number of aromatic nitrogens is 2.